The van der Waals surface area contributed by atoms with Gasteiger partial charge in [0.1, 0.15) is 11.3 Å². The van der Waals surface area contributed by atoms with E-state index < -0.39 is 0 Å². The average Bonchev–Trinajstić information content (AvgIpc) is 2.36. The maximum absolute atomic E-state index is 9.25. The molecule has 3 heteroatoms. The molecule has 0 aliphatic rings. The number of aromatic hydroxyl groups is 1. The number of phenols is 1. The smallest absolute Gasteiger partial charge is 0.135 e. The predicted octanol–water partition coefficient (Wildman–Crippen LogP) is 2.90. The van der Waals surface area contributed by atoms with Crippen LogP contribution in [-0.4, -0.2) is 5.11 Å². The molecule has 0 unspecified atom stereocenters. The Morgan fingerprint density at radius 2 is 2.18 bits per heavy atom. The van der Waals surface area contributed by atoms with Crippen LogP contribution < -0.4 is 0 Å². The number of phenolic OH excluding ortho intramolecular Hbond substituents is 1. The molecule has 0 aliphatic carbocycles. The molecule has 0 radical (unpaired) electrons. The molecule has 1 aromatic carbocycles. The van der Waals surface area contributed by atoms with Gasteiger partial charge in [-0.3, -0.25) is 0 Å². The van der Waals surface area contributed by atoms with E-state index in [9.17, 15) is 5.11 Å². The molecule has 0 spiro atoms. The van der Waals surface area contributed by atoms with E-state index in [1.54, 1.807) is 18.4 Å². The van der Waals surface area contributed by atoms with Gasteiger partial charge >= 0.3 is 0 Å². The second-order valence-corrected chi connectivity index (χ2v) is 3.12. The maximum Gasteiger partial charge on any atom is 0.135 e. The van der Waals surface area contributed by atoms with Crippen molar-refractivity contribution in [2.24, 2.45) is 0 Å². The van der Waals surface area contributed by atoms with Gasteiger partial charge in [0.05, 0.1) is 10.7 Å². The van der Waals surface area contributed by atoms with Crippen LogP contribution in [0.2, 0.25) is 0 Å². The van der Waals surface area contributed by atoms with E-state index in [0.717, 1.165) is 11.0 Å². The fourth-order valence-corrected chi connectivity index (χ4v) is 1.30. The van der Waals surface area contributed by atoms with Crippen LogP contribution in [0.15, 0.2) is 33.4 Å². The second-order valence-electron chi connectivity index (χ2n) is 2.26. The molecule has 2 aromatic rings. The lowest BCUT2D eigenvalue weighted by Crippen LogP contribution is -1.68. The van der Waals surface area contributed by atoms with Crippen LogP contribution in [0.3, 0.4) is 0 Å². The first-order valence-electron chi connectivity index (χ1n) is 3.13. The van der Waals surface area contributed by atoms with Crippen LogP contribution >= 0.6 is 15.9 Å². The first-order chi connectivity index (χ1) is 5.27. The summed E-state index contributed by atoms with van der Waals surface area (Å²) >= 11 is 3.19. The Morgan fingerprint density at radius 3 is 3.00 bits per heavy atom. The lowest BCUT2D eigenvalue weighted by molar-refractivity contribution is 0.472. The van der Waals surface area contributed by atoms with Crippen LogP contribution in [0.5, 0.6) is 5.75 Å². The summed E-state index contributed by atoms with van der Waals surface area (Å²) < 4.78 is 5.77. The van der Waals surface area contributed by atoms with Gasteiger partial charge < -0.3 is 9.52 Å². The Labute approximate surface area is 71.6 Å². The molecule has 0 fully saturated rings. The summed E-state index contributed by atoms with van der Waals surface area (Å²) in [5.74, 6) is 0.235. The van der Waals surface area contributed by atoms with Gasteiger partial charge in [0.15, 0.2) is 0 Å². The highest BCUT2D eigenvalue weighted by molar-refractivity contribution is 9.10. The fourth-order valence-electron chi connectivity index (χ4n) is 0.973. The fraction of sp³-hybridized carbons (Fsp3) is 0. The van der Waals surface area contributed by atoms with Crippen LogP contribution in [0, 0.1) is 0 Å². The van der Waals surface area contributed by atoms with Crippen molar-refractivity contribution in [3.05, 3.63) is 28.9 Å². The van der Waals surface area contributed by atoms with Gasteiger partial charge in [0, 0.05) is 5.39 Å². The molecular formula is C8H5BrO2. The first-order valence-corrected chi connectivity index (χ1v) is 3.92. The van der Waals surface area contributed by atoms with E-state index in [0.29, 0.717) is 4.47 Å². The van der Waals surface area contributed by atoms with E-state index in [4.69, 9.17) is 4.42 Å². The zero-order valence-electron chi connectivity index (χ0n) is 5.54. The first kappa shape index (κ1) is 6.73. The summed E-state index contributed by atoms with van der Waals surface area (Å²) in [5, 5.41) is 10.2. The third-order valence-corrected chi connectivity index (χ3v) is 2.16. The molecule has 0 aliphatic heterocycles. The molecule has 1 heterocycles. The Kier molecular flexibility index (Phi) is 1.39. The molecule has 56 valence electrons. The van der Waals surface area contributed by atoms with Crippen molar-refractivity contribution < 1.29 is 9.52 Å². The number of rotatable bonds is 0. The standard InChI is InChI=1S/C8H5BrO2/c9-6-4-8-5(1-2-11-8)3-7(6)10/h1-4,10H. The molecule has 2 rings (SSSR count). The molecule has 0 bridgehead atoms. The highest BCUT2D eigenvalue weighted by atomic mass is 79.9. The predicted molar refractivity (Wildman–Crippen MR) is 45.6 cm³/mol. The minimum Gasteiger partial charge on any atom is -0.507 e. The molecule has 1 N–H and O–H groups in total. The summed E-state index contributed by atoms with van der Waals surface area (Å²) in [6, 6.07) is 5.20. The average molecular weight is 213 g/mol. The number of hydrogen-bond donors (Lipinski definition) is 1. The normalized spacial score (nSPS) is 10.6. The quantitative estimate of drug-likeness (QED) is 0.729. The van der Waals surface area contributed by atoms with E-state index in [1.165, 1.54) is 0 Å². The minimum absolute atomic E-state index is 0.235. The van der Waals surface area contributed by atoms with Gasteiger partial charge in [-0.1, -0.05) is 0 Å². The highest BCUT2D eigenvalue weighted by Crippen LogP contribution is 2.29. The van der Waals surface area contributed by atoms with Gasteiger partial charge in [-0.15, -0.1) is 0 Å². The summed E-state index contributed by atoms with van der Waals surface area (Å²) in [4.78, 5) is 0. The third-order valence-electron chi connectivity index (χ3n) is 1.52. The molecular weight excluding hydrogens is 208 g/mol. The third kappa shape index (κ3) is 1.01. The largest absolute Gasteiger partial charge is 0.507 e. The van der Waals surface area contributed by atoms with Crippen molar-refractivity contribution in [2.75, 3.05) is 0 Å². The van der Waals surface area contributed by atoms with E-state index in [-0.39, 0.29) is 5.75 Å². The monoisotopic (exact) mass is 212 g/mol. The van der Waals surface area contributed by atoms with Crippen molar-refractivity contribution in [1.29, 1.82) is 0 Å². The maximum atomic E-state index is 9.25. The second kappa shape index (κ2) is 2.27. The van der Waals surface area contributed by atoms with Crippen LogP contribution in [0.25, 0.3) is 11.0 Å². The molecule has 0 saturated carbocycles. The van der Waals surface area contributed by atoms with E-state index in [1.807, 2.05) is 6.07 Å². The van der Waals surface area contributed by atoms with Crippen molar-refractivity contribution in [1.82, 2.24) is 0 Å². The number of hydrogen-bond acceptors (Lipinski definition) is 2. The summed E-state index contributed by atoms with van der Waals surface area (Å²) in [6.07, 6.45) is 1.59. The molecule has 1 aromatic heterocycles. The zero-order valence-corrected chi connectivity index (χ0v) is 7.13. The molecule has 0 amide bonds. The number of benzene rings is 1. The molecule has 0 saturated heterocycles. The van der Waals surface area contributed by atoms with Gasteiger partial charge in [-0.05, 0) is 34.1 Å². The summed E-state index contributed by atoms with van der Waals surface area (Å²) in [5.41, 5.74) is 0.773. The molecule has 2 nitrogen and oxygen atoms in total. The zero-order chi connectivity index (χ0) is 7.84. The van der Waals surface area contributed by atoms with Crippen LogP contribution in [0.1, 0.15) is 0 Å². The van der Waals surface area contributed by atoms with Gasteiger partial charge in [-0.2, -0.15) is 0 Å². The number of halogens is 1. The van der Waals surface area contributed by atoms with Gasteiger partial charge in [-0.25, -0.2) is 0 Å². The summed E-state index contributed by atoms with van der Waals surface area (Å²) in [7, 11) is 0. The Bertz CT molecular complexity index is 356. The van der Waals surface area contributed by atoms with Crippen LogP contribution in [0.4, 0.5) is 0 Å². The van der Waals surface area contributed by atoms with E-state index >= 15 is 0 Å². The van der Waals surface area contributed by atoms with Gasteiger partial charge in [0.2, 0.25) is 0 Å². The van der Waals surface area contributed by atoms with E-state index in [2.05, 4.69) is 15.9 Å². The van der Waals surface area contributed by atoms with Crippen molar-refractivity contribution in [3.8, 4) is 5.75 Å². The van der Waals surface area contributed by atoms with Crippen molar-refractivity contribution in [3.63, 3.8) is 0 Å². The minimum atomic E-state index is 0.235. The highest BCUT2D eigenvalue weighted by Gasteiger charge is 2.01. The Balaban J connectivity index is 2.86. The van der Waals surface area contributed by atoms with Crippen LogP contribution in [-0.2, 0) is 0 Å². The van der Waals surface area contributed by atoms with Gasteiger partial charge in [0.25, 0.3) is 0 Å². The Hall–Kier alpha value is -0.960. The molecule has 11 heavy (non-hydrogen) atoms. The van der Waals surface area contributed by atoms with Crippen molar-refractivity contribution in [2.45, 2.75) is 0 Å². The molecule has 0 atom stereocenters. The SMILES string of the molecule is Oc1cc2ccoc2cc1Br. The Morgan fingerprint density at radius 1 is 1.36 bits per heavy atom. The summed E-state index contributed by atoms with van der Waals surface area (Å²) in [6.45, 7) is 0. The van der Waals surface area contributed by atoms with Crippen molar-refractivity contribution >= 4 is 26.9 Å². The number of furan rings is 1. The number of fused-ring (bicyclic) bond motifs is 1. The lowest BCUT2D eigenvalue weighted by atomic mass is 10.2. The lowest BCUT2D eigenvalue weighted by Gasteiger charge is -1.94. The topological polar surface area (TPSA) is 33.4 Å².